The van der Waals surface area contributed by atoms with Crippen LogP contribution in [-0.4, -0.2) is 33.5 Å². The molecule has 0 saturated carbocycles. The smallest absolute Gasteiger partial charge is 0.255 e. The average Bonchev–Trinajstić information content (AvgIpc) is 3.14. The first-order valence-electron chi connectivity index (χ1n) is 11.3. The lowest BCUT2D eigenvalue weighted by atomic mass is 9.98. The SMILES string of the molecule is COc1ccc(-n2c(CN(C(=O)c3c(C)cc(C)cc3C)C(C)C)nc3ccccc32)cc1. The Morgan fingerprint density at radius 1 is 1.00 bits per heavy atom. The highest BCUT2D eigenvalue weighted by molar-refractivity contribution is 5.97. The number of imidazole rings is 1. The Morgan fingerprint density at radius 2 is 1.64 bits per heavy atom. The Bertz CT molecular complexity index is 1280. The normalized spacial score (nSPS) is 11.2. The molecular formula is C28H31N3O2. The molecular weight excluding hydrogens is 410 g/mol. The second-order valence-electron chi connectivity index (χ2n) is 8.85. The van der Waals surface area contributed by atoms with Crippen LogP contribution in [0.2, 0.25) is 0 Å². The number of hydrogen-bond donors (Lipinski definition) is 0. The number of aromatic nitrogens is 2. The highest BCUT2D eigenvalue weighted by atomic mass is 16.5. The quantitative estimate of drug-likeness (QED) is 0.368. The predicted molar refractivity (Wildman–Crippen MR) is 133 cm³/mol. The first-order valence-corrected chi connectivity index (χ1v) is 11.3. The number of carbonyl (C=O) groups excluding carboxylic acids is 1. The van der Waals surface area contributed by atoms with Crippen molar-refractivity contribution in [3.8, 4) is 11.4 Å². The van der Waals surface area contributed by atoms with Crippen LogP contribution in [0.4, 0.5) is 0 Å². The van der Waals surface area contributed by atoms with Gasteiger partial charge in [0.2, 0.25) is 0 Å². The molecule has 5 heteroatoms. The topological polar surface area (TPSA) is 47.4 Å². The molecule has 4 rings (SSSR count). The van der Waals surface area contributed by atoms with Gasteiger partial charge < -0.3 is 9.64 Å². The maximum atomic E-state index is 13.8. The molecule has 0 fully saturated rings. The molecule has 0 aliphatic rings. The van der Waals surface area contributed by atoms with E-state index >= 15 is 0 Å². The Labute approximate surface area is 195 Å². The van der Waals surface area contributed by atoms with Crippen molar-refractivity contribution in [3.05, 3.63) is 88.7 Å². The lowest BCUT2D eigenvalue weighted by Gasteiger charge is -2.28. The van der Waals surface area contributed by atoms with Gasteiger partial charge in [-0.1, -0.05) is 29.8 Å². The summed E-state index contributed by atoms with van der Waals surface area (Å²) in [7, 11) is 1.66. The first kappa shape index (κ1) is 22.6. The van der Waals surface area contributed by atoms with E-state index in [0.717, 1.165) is 45.0 Å². The summed E-state index contributed by atoms with van der Waals surface area (Å²) in [6, 6.07) is 20.2. The van der Waals surface area contributed by atoms with Gasteiger partial charge in [-0.2, -0.15) is 0 Å². The van der Waals surface area contributed by atoms with Gasteiger partial charge in [0.05, 0.1) is 24.7 Å². The number of fused-ring (bicyclic) bond motifs is 1. The molecule has 0 saturated heterocycles. The molecule has 5 nitrogen and oxygen atoms in total. The Balaban J connectivity index is 1.80. The molecule has 0 radical (unpaired) electrons. The fraction of sp³-hybridized carbons (Fsp3) is 0.286. The molecule has 3 aromatic carbocycles. The zero-order chi connectivity index (χ0) is 23.7. The van der Waals surface area contributed by atoms with Crippen LogP contribution in [0.5, 0.6) is 5.75 Å². The summed E-state index contributed by atoms with van der Waals surface area (Å²) in [5.74, 6) is 1.66. The molecule has 0 atom stereocenters. The minimum absolute atomic E-state index is 0.0155. The van der Waals surface area contributed by atoms with Crippen LogP contribution < -0.4 is 4.74 Å². The Kier molecular flexibility index (Phi) is 6.23. The Morgan fingerprint density at radius 3 is 2.24 bits per heavy atom. The number of nitrogens with zero attached hydrogens (tertiary/aromatic N) is 3. The van der Waals surface area contributed by atoms with Crippen LogP contribution >= 0.6 is 0 Å². The van der Waals surface area contributed by atoms with Crippen molar-refractivity contribution >= 4 is 16.9 Å². The van der Waals surface area contributed by atoms with Crippen LogP contribution in [0, 0.1) is 20.8 Å². The lowest BCUT2D eigenvalue weighted by molar-refractivity contribution is 0.0683. The van der Waals surface area contributed by atoms with E-state index in [2.05, 4.69) is 43.5 Å². The minimum Gasteiger partial charge on any atom is -0.497 e. The molecule has 0 unspecified atom stereocenters. The van der Waals surface area contributed by atoms with E-state index in [0.29, 0.717) is 6.54 Å². The summed E-state index contributed by atoms with van der Waals surface area (Å²) in [5, 5.41) is 0. The fourth-order valence-electron chi connectivity index (χ4n) is 4.50. The fourth-order valence-corrected chi connectivity index (χ4v) is 4.50. The van der Waals surface area contributed by atoms with Gasteiger partial charge in [0, 0.05) is 17.3 Å². The zero-order valence-corrected chi connectivity index (χ0v) is 20.2. The van der Waals surface area contributed by atoms with Crippen LogP contribution in [0.15, 0.2) is 60.7 Å². The first-order chi connectivity index (χ1) is 15.8. The molecule has 1 amide bonds. The summed E-state index contributed by atoms with van der Waals surface area (Å²) < 4.78 is 7.46. The van der Waals surface area contributed by atoms with Crippen molar-refractivity contribution in [1.29, 1.82) is 0 Å². The van der Waals surface area contributed by atoms with Crippen LogP contribution in [0.25, 0.3) is 16.7 Å². The lowest BCUT2D eigenvalue weighted by Crippen LogP contribution is -2.38. The van der Waals surface area contributed by atoms with E-state index in [1.165, 1.54) is 5.56 Å². The van der Waals surface area contributed by atoms with E-state index < -0.39 is 0 Å². The summed E-state index contributed by atoms with van der Waals surface area (Å²) in [6.45, 7) is 10.6. The molecule has 1 heterocycles. The molecule has 170 valence electrons. The number of benzene rings is 3. The van der Waals surface area contributed by atoms with Gasteiger partial charge in [-0.3, -0.25) is 9.36 Å². The van der Waals surface area contributed by atoms with Gasteiger partial charge in [0.25, 0.3) is 5.91 Å². The van der Waals surface area contributed by atoms with Crippen LogP contribution in [-0.2, 0) is 6.54 Å². The molecule has 0 bridgehead atoms. The van der Waals surface area contributed by atoms with Gasteiger partial charge in [0.1, 0.15) is 11.6 Å². The monoisotopic (exact) mass is 441 g/mol. The molecule has 33 heavy (non-hydrogen) atoms. The maximum absolute atomic E-state index is 13.8. The third-order valence-electron chi connectivity index (χ3n) is 6.05. The van der Waals surface area contributed by atoms with Crippen molar-refractivity contribution < 1.29 is 9.53 Å². The van der Waals surface area contributed by atoms with Crippen molar-refractivity contribution in [1.82, 2.24) is 14.5 Å². The van der Waals surface area contributed by atoms with Crippen LogP contribution in [0.1, 0.15) is 46.7 Å². The van der Waals surface area contributed by atoms with Crippen molar-refractivity contribution in [3.63, 3.8) is 0 Å². The number of methoxy groups -OCH3 is 1. The number of ether oxygens (including phenoxy) is 1. The van der Waals surface area contributed by atoms with Gasteiger partial charge in [-0.05, 0) is 82.1 Å². The number of aryl methyl sites for hydroxylation is 3. The summed E-state index contributed by atoms with van der Waals surface area (Å²) >= 11 is 0. The molecule has 0 aliphatic carbocycles. The third kappa shape index (κ3) is 4.36. The molecule has 0 N–H and O–H groups in total. The molecule has 0 spiro atoms. The number of hydrogen-bond acceptors (Lipinski definition) is 3. The van der Waals surface area contributed by atoms with Crippen molar-refractivity contribution in [2.24, 2.45) is 0 Å². The Hall–Kier alpha value is -3.60. The minimum atomic E-state index is 0.0155. The second-order valence-corrected chi connectivity index (χ2v) is 8.85. The van der Waals surface area contributed by atoms with E-state index in [1.54, 1.807) is 7.11 Å². The maximum Gasteiger partial charge on any atom is 0.255 e. The standard InChI is InChI=1S/C28H31N3O2/c1-18(2)30(28(32)27-20(4)15-19(3)16-21(27)5)17-26-29-24-9-7-8-10-25(24)31(26)22-11-13-23(33-6)14-12-22/h7-16,18H,17H2,1-6H3. The van der Waals surface area contributed by atoms with Gasteiger partial charge in [-0.25, -0.2) is 4.98 Å². The number of amides is 1. The van der Waals surface area contributed by atoms with Crippen molar-refractivity contribution in [2.45, 2.75) is 47.2 Å². The zero-order valence-electron chi connectivity index (χ0n) is 20.2. The van der Waals surface area contributed by atoms with E-state index in [-0.39, 0.29) is 11.9 Å². The van der Waals surface area contributed by atoms with E-state index in [1.807, 2.05) is 61.2 Å². The van der Waals surface area contributed by atoms with Crippen LogP contribution in [0.3, 0.4) is 0 Å². The van der Waals surface area contributed by atoms with E-state index in [4.69, 9.17) is 9.72 Å². The summed E-state index contributed by atoms with van der Waals surface area (Å²) in [6.07, 6.45) is 0. The average molecular weight is 442 g/mol. The largest absolute Gasteiger partial charge is 0.497 e. The van der Waals surface area contributed by atoms with E-state index in [9.17, 15) is 4.79 Å². The summed E-state index contributed by atoms with van der Waals surface area (Å²) in [4.78, 5) is 20.6. The second kappa shape index (κ2) is 9.10. The highest BCUT2D eigenvalue weighted by Crippen LogP contribution is 2.26. The highest BCUT2D eigenvalue weighted by Gasteiger charge is 2.25. The number of para-hydroxylation sites is 2. The van der Waals surface area contributed by atoms with Gasteiger partial charge >= 0.3 is 0 Å². The van der Waals surface area contributed by atoms with Crippen molar-refractivity contribution in [2.75, 3.05) is 7.11 Å². The third-order valence-corrected chi connectivity index (χ3v) is 6.05. The number of carbonyl (C=O) groups is 1. The van der Waals surface area contributed by atoms with Gasteiger partial charge in [0.15, 0.2) is 0 Å². The molecule has 0 aliphatic heterocycles. The molecule has 1 aromatic heterocycles. The number of rotatable bonds is 6. The van der Waals surface area contributed by atoms with Gasteiger partial charge in [-0.15, -0.1) is 0 Å². The predicted octanol–water partition coefficient (Wildman–Crippen LogP) is 6.01. The molecule has 4 aromatic rings. The summed E-state index contributed by atoms with van der Waals surface area (Å²) in [5.41, 5.74) is 6.86.